The molecule has 0 spiro atoms. The molecule has 0 saturated carbocycles. The summed E-state index contributed by atoms with van der Waals surface area (Å²) in [5.41, 5.74) is 7.23. The van der Waals surface area contributed by atoms with Crippen LogP contribution in [0.2, 0.25) is 0 Å². The summed E-state index contributed by atoms with van der Waals surface area (Å²) in [5, 5.41) is 7.59. The first kappa shape index (κ1) is 12.3. The largest absolute Gasteiger partial charge is 0.477 e. The van der Waals surface area contributed by atoms with E-state index in [4.69, 9.17) is 15.9 Å². The number of thioether (sulfide) groups is 1. The van der Waals surface area contributed by atoms with Gasteiger partial charge in [-0.3, -0.25) is 5.41 Å². The molecule has 0 saturated heterocycles. The second-order valence-corrected chi connectivity index (χ2v) is 3.95. The predicted molar refractivity (Wildman–Crippen MR) is 64.1 cm³/mol. The smallest absolute Gasteiger partial charge is 0.221 e. The lowest BCUT2D eigenvalue weighted by Gasteiger charge is -2.03. The van der Waals surface area contributed by atoms with Crippen LogP contribution < -0.4 is 10.5 Å². The van der Waals surface area contributed by atoms with Crippen LogP contribution in [0, 0.1) is 12.3 Å². The Kier molecular flexibility index (Phi) is 3.92. The molecule has 1 aliphatic heterocycles. The third-order valence-corrected chi connectivity index (χ3v) is 2.53. The minimum atomic E-state index is -0.0117. The maximum Gasteiger partial charge on any atom is 0.221 e. The van der Waals surface area contributed by atoms with Crippen LogP contribution in [0.4, 0.5) is 0 Å². The van der Waals surface area contributed by atoms with E-state index < -0.39 is 0 Å². The van der Waals surface area contributed by atoms with E-state index in [-0.39, 0.29) is 22.1 Å². The van der Waals surface area contributed by atoms with Gasteiger partial charge >= 0.3 is 0 Å². The van der Waals surface area contributed by atoms with Crippen LogP contribution >= 0.6 is 28.7 Å². The molecule has 1 aromatic rings. The molecule has 3 N–H and O–H groups in total. The number of nitrogens with two attached hydrogens (primary N) is 1. The quantitative estimate of drug-likeness (QED) is 0.352. The summed E-state index contributed by atoms with van der Waals surface area (Å²) < 4.78 is 5.33. The number of nitrogens with zero attached hydrogens (tertiary/aromatic N) is 2. The zero-order chi connectivity index (χ0) is 10.1. The van der Waals surface area contributed by atoms with E-state index in [1.807, 2.05) is 6.92 Å². The molecule has 5 nitrogen and oxygen atoms in total. The van der Waals surface area contributed by atoms with Crippen LogP contribution in [0.15, 0.2) is 5.16 Å². The second-order valence-electron chi connectivity index (χ2n) is 2.94. The molecule has 0 aromatic carbocycles. The summed E-state index contributed by atoms with van der Waals surface area (Å²) in [5.74, 6) is 0.640. The molecule has 0 fully saturated rings. The Morgan fingerprint density at radius 2 is 2.27 bits per heavy atom. The van der Waals surface area contributed by atoms with E-state index >= 15 is 0 Å². The third-order valence-electron chi connectivity index (χ3n) is 1.95. The monoisotopic (exact) mass is 290 g/mol. The van der Waals surface area contributed by atoms with Crippen molar-refractivity contribution in [3.8, 4) is 5.88 Å². The van der Waals surface area contributed by atoms with Gasteiger partial charge in [0.05, 0.1) is 6.61 Å². The molecule has 0 unspecified atom stereocenters. The van der Waals surface area contributed by atoms with Crippen molar-refractivity contribution in [3.63, 3.8) is 0 Å². The Morgan fingerprint density at radius 3 is 2.93 bits per heavy atom. The molecule has 0 radical (unpaired) electrons. The average Bonchev–Trinajstić information content (AvgIpc) is 2.50. The molecule has 0 atom stereocenters. The number of aryl methyl sites for hydroxylation is 1. The topological polar surface area (TPSA) is 84.9 Å². The van der Waals surface area contributed by atoms with Gasteiger partial charge in [0, 0.05) is 17.7 Å². The zero-order valence-electron chi connectivity index (χ0n) is 8.11. The summed E-state index contributed by atoms with van der Waals surface area (Å²) in [6.07, 6.45) is 0.867. The van der Waals surface area contributed by atoms with E-state index in [1.165, 1.54) is 0 Å². The van der Waals surface area contributed by atoms with Gasteiger partial charge in [0.25, 0.3) is 0 Å². The van der Waals surface area contributed by atoms with Gasteiger partial charge in [0.1, 0.15) is 0 Å². The maximum atomic E-state index is 7.12. The average molecular weight is 291 g/mol. The fraction of sp³-hybridized carbons (Fsp3) is 0.375. The van der Waals surface area contributed by atoms with Gasteiger partial charge in [-0.1, -0.05) is 0 Å². The Morgan fingerprint density at radius 1 is 1.53 bits per heavy atom. The summed E-state index contributed by atoms with van der Waals surface area (Å²) in [6.45, 7) is 2.58. The first-order chi connectivity index (χ1) is 6.66. The summed E-state index contributed by atoms with van der Waals surface area (Å²) in [7, 11) is 0. The first-order valence-electron chi connectivity index (χ1n) is 4.19. The highest BCUT2D eigenvalue weighted by molar-refractivity contribution is 8.93. The van der Waals surface area contributed by atoms with Gasteiger partial charge in [0.15, 0.2) is 10.3 Å². The van der Waals surface area contributed by atoms with Crippen molar-refractivity contribution in [2.24, 2.45) is 5.73 Å². The van der Waals surface area contributed by atoms with Crippen molar-refractivity contribution < 1.29 is 4.74 Å². The van der Waals surface area contributed by atoms with Crippen molar-refractivity contribution in [2.45, 2.75) is 18.5 Å². The Bertz CT molecular complexity index is 398. The minimum absolute atomic E-state index is 0. The van der Waals surface area contributed by atoms with Crippen LogP contribution in [0.1, 0.15) is 11.3 Å². The fourth-order valence-electron chi connectivity index (χ4n) is 1.35. The number of aromatic nitrogens is 2. The van der Waals surface area contributed by atoms with Crippen LogP contribution in [-0.4, -0.2) is 21.7 Å². The number of nitrogens with one attached hydrogen (secondary N) is 1. The predicted octanol–water partition coefficient (Wildman–Crippen LogP) is 1.28. The van der Waals surface area contributed by atoms with Crippen molar-refractivity contribution in [1.29, 1.82) is 5.41 Å². The van der Waals surface area contributed by atoms with Crippen molar-refractivity contribution >= 4 is 33.9 Å². The zero-order valence-corrected chi connectivity index (χ0v) is 10.6. The van der Waals surface area contributed by atoms with E-state index in [0.717, 1.165) is 29.4 Å². The van der Waals surface area contributed by atoms with Crippen molar-refractivity contribution in [1.82, 2.24) is 9.97 Å². The van der Waals surface area contributed by atoms with Crippen LogP contribution in [-0.2, 0) is 6.42 Å². The van der Waals surface area contributed by atoms with Gasteiger partial charge in [0.2, 0.25) is 5.88 Å². The lowest BCUT2D eigenvalue weighted by atomic mass is 10.2. The van der Waals surface area contributed by atoms with E-state index in [2.05, 4.69) is 9.97 Å². The Hall–Kier alpha value is -0.820. The number of ether oxygens (including phenoxy) is 1. The number of hydrogen-bond acceptors (Lipinski definition) is 5. The highest BCUT2D eigenvalue weighted by Crippen LogP contribution is 2.27. The molecule has 2 heterocycles. The molecule has 2 rings (SSSR count). The summed E-state index contributed by atoms with van der Waals surface area (Å²) in [4.78, 5) is 8.40. The van der Waals surface area contributed by atoms with Crippen LogP contribution in [0.25, 0.3) is 0 Å². The molecule has 7 heteroatoms. The normalized spacial score (nSPS) is 12.6. The maximum absolute atomic E-state index is 7.12. The molecule has 82 valence electrons. The van der Waals surface area contributed by atoms with Gasteiger partial charge in [-0.25, -0.2) is 4.98 Å². The van der Waals surface area contributed by atoms with E-state index in [9.17, 15) is 0 Å². The lowest BCUT2D eigenvalue weighted by molar-refractivity contribution is 0.342. The van der Waals surface area contributed by atoms with Crippen LogP contribution in [0.3, 0.4) is 0 Å². The molecule has 15 heavy (non-hydrogen) atoms. The standard InChI is InChI=1S/C8H10N4OS.BrH/c1-4-5-2-3-13-6(5)12-8(11-4)14-7(9)10;/h2-3H2,1H3,(H3,9,10);1H. The molecular weight excluding hydrogens is 280 g/mol. The fourth-order valence-corrected chi connectivity index (χ4v) is 1.85. The van der Waals surface area contributed by atoms with Crippen molar-refractivity contribution in [2.75, 3.05) is 6.61 Å². The molecular formula is C8H11BrN4OS. The van der Waals surface area contributed by atoms with E-state index in [1.54, 1.807) is 0 Å². The van der Waals surface area contributed by atoms with Gasteiger partial charge in [-0.15, -0.1) is 17.0 Å². The van der Waals surface area contributed by atoms with Gasteiger partial charge in [-0.2, -0.15) is 4.98 Å². The van der Waals surface area contributed by atoms with Crippen molar-refractivity contribution in [3.05, 3.63) is 11.3 Å². The van der Waals surface area contributed by atoms with Gasteiger partial charge < -0.3 is 10.5 Å². The van der Waals surface area contributed by atoms with Gasteiger partial charge in [-0.05, 0) is 18.7 Å². The third kappa shape index (κ3) is 2.60. The highest BCUT2D eigenvalue weighted by Gasteiger charge is 2.18. The molecule has 1 aliphatic rings. The summed E-state index contributed by atoms with van der Waals surface area (Å²) in [6, 6.07) is 0. The van der Waals surface area contributed by atoms with Crippen LogP contribution in [0.5, 0.6) is 5.88 Å². The number of rotatable bonds is 1. The number of hydrogen-bond donors (Lipinski definition) is 2. The molecule has 0 amide bonds. The highest BCUT2D eigenvalue weighted by atomic mass is 79.9. The van der Waals surface area contributed by atoms with E-state index in [0.29, 0.717) is 17.6 Å². The summed E-state index contributed by atoms with van der Waals surface area (Å²) >= 11 is 1.04. The number of amidine groups is 1. The number of halogens is 1. The Labute approximate surface area is 102 Å². The first-order valence-corrected chi connectivity index (χ1v) is 5.00. The SMILES string of the molecule is Br.Cc1nc(SC(=N)N)nc2c1CCO2. The number of fused-ring (bicyclic) bond motifs is 1. The Balaban J connectivity index is 0.00000112. The minimum Gasteiger partial charge on any atom is -0.477 e. The second kappa shape index (κ2) is 4.80. The molecule has 0 aliphatic carbocycles. The molecule has 1 aromatic heterocycles. The lowest BCUT2D eigenvalue weighted by Crippen LogP contribution is -2.05. The molecule has 0 bridgehead atoms.